The molecule has 5 heteroatoms. The second kappa shape index (κ2) is 6.62. The van der Waals surface area contributed by atoms with Gasteiger partial charge in [0.1, 0.15) is 5.82 Å². The van der Waals surface area contributed by atoms with Crippen LogP contribution in [-0.4, -0.2) is 36.5 Å². The lowest BCUT2D eigenvalue weighted by Gasteiger charge is -2.44. The van der Waals surface area contributed by atoms with E-state index in [4.69, 9.17) is 0 Å². The summed E-state index contributed by atoms with van der Waals surface area (Å²) in [6.45, 7) is 3.31. The molecule has 3 fully saturated rings. The highest BCUT2D eigenvalue weighted by molar-refractivity contribution is 8.02. The summed E-state index contributed by atoms with van der Waals surface area (Å²) in [5, 5.41) is 4.81. The third-order valence-electron chi connectivity index (χ3n) is 4.20. The Balaban J connectivity index is 1.49. The summed E-state index contributed by atoms with van der Waals surface area (Å²) < 4.78 is 13.0. The first-order valence-corrected chi connectivity index (χ1v) is 8.20. The molecule has 1 N–H and O–H groups in total. The molecule has 0 unspecified atom stereocenters. The predicted molar refractivity (Wildman–Crippen MR) is 82.5 cm³/mol. The van der Waals surface area contributed by atoms with Crippen molar-refractivity contribution in [2.24, 2.45) is 5.92 Å². The standard InChI is InChI=1S/C16H19FN2OS/c17-13-2-1-3-14(10-13)21-9-6-16(20)18-15-11-19-7-4-12(15)5-8-19/h1-3,6,9-10,12,15H,4-5,7-8,11H2,(H,18,20)/b9-6+/t15-/m0/s1. The molecule has 3 aliphatic rings. The van der Waals surface area contributed by atoms with Gasteiger partial charge in [0, 0.05) is 23.6 Å². The van der Waals surface area contributed by atoms with Crippen LogP contribution in [0.25, 0.3) is 0 Å². The fraction of sp³-hybridized carbons (Fsp3) is 0.438. The van der Waals surface area contributed by atoms with Crippen LogP contribution in [0.5, 0.6) is 0 Å². The summed E-state index contributed by atoms with van der Waals surface area (Å²) >= 11 is 1.35. The molecule has 0 saturated carbocycles. The fourth-order valence-corrected chi connectivity index (χ4v) is 3.76. The van der Waals surface area contributed by atoms with E-state index in [1.807, 2.05) is 6.07 Å². The molecule has 1 aromatic carbocycles. The van der Waals surface area contributed by atoms with Crippen LogP contribution in [0.1, 0.15) is 12.8 Å². The summed E-state index contributed by atoms with van der Waals surface area (Å²) in [5.41, 5.74) is 0. The maximum absolute atomic E-state index is 13.0. The molecule has 3 heterocycles. The first-order valence-electron chi connectivity index (χ1n) is 7.32. The Morgan fingerprint density at radius 2 is 2.19 bits per heavy atom. The number of thioether (sulfide) groups is 1. The van der Waals surface area contributed by atoms with E-state index in [1.165, 1.54) is 55.9 Å². The largest absolute Gasteiger partial charge is 0.348 e. The van der Waals surface area contributed by atoms with Crippen LogP contribution in [0.2, 0.25) is 0 Å². The van der Waals surface area contributed by atoms with Gasteiger partial charge < -0.3 is 10.2 Å². The fourth-order valence-electron chi connectivity index (χ4n) is 3.07. The molecule has 112 valence electrons. The molecule has 21 heavy (non-hydrogen) atoms. The summed E-state index contributed by atoms with van der Waals surface area (Å²) in [6.07, 6.45) is 3.91. The molecule has 3 aliphatic heterocycles. The van der Waals surface area contributed by atoms with Gasteiger partial charge in [0.15, 0.2) is 0 Å². The Hall–Kier alpha value is -1.33. The molecule has 0 aromatic heterocycles. The molecular formula is C16H19FN2OS. The zero-order chi connectivity index (χ0) is 14.7. The van der Waals surface area contributed by atoms with Crippen LogP contribution in [-0.2, 0) is 4.79 Å². The minimum atomic E-state index is -0.259. The number of nitrogens with zero attached hydrogens (tertiary/aromatic N) is 1. The van der Waals surface area contributed by atoms with Crippen LogP contribution in [0.3, 0.4) is 0 Å². The third kappa shape index (κ3) is 3.86. The molecule has 0 spiro atoms. The smallest absolute Gasteiger partial charge is 0.244 e. The van der Waals surface area contributed by atoms with Gasteiger partial charge in [0.05, 0.1) is 0 Å². The number of carbonyl (C=O) groups excluding carboxylic acids is 1. The van der Waals surface area contributed by atoms with Gasteiger partial charge in [-0.05, 0) is 55.5 Å². The van der Waals surface area contributed by atoms with E-state index in [0.29, 0.717) is 5.92 Å². The molecule has 0 radical (unpaired) electrons. The highest BCUT2D eigenvalue weighted by atomic mass is 32.2. The number of benzene rings is 1. The highest BCUT2D eigenvalue weighted by Crippen LogP contribution is 2.27. The third-order valence-corrected chi connectivity index (χ3v) is 5.00. The number of carbonyl (C=O) groups is 1. The van der Waals surface area contributed by atoms with Gasteiger partial charge >= 0.3 is 0 Å². The molecule has 2 bridgehead atoms. The van der Waals surface area contributed by atoms with Gasteiger partial charge in [0.2, 0.25) is 5.91 Å². The minimum absolute atomic E-state index is 0.0577. The number of piperidine rings is 3. The Morgan fingerprint density at radius 1 is 1.38 bits per heavy atom. The van der Waals surface area contributed by atoms with Crippen molar-refractivity contribution in [2.75, 3.05) is 19.6 Å². The van der Waals surface area contributed by atoms with E-state index in [2.05, 4.69) is 10.2 Å². The molecule has 3 saturated heterocycles. The van der Waals surface area contributed by atoms with Crippen molar-refractivity contribution in [3.05, 3.63) is 41.6 Å². The Morgan fingerprint density at radius 3 is 2.86 bits per heavy atom. The molecule has 0 aliphatic carbocycles. The summed E-state index contributed by atoms with van der Waals surface area (Å²) in [6, 6.07) is 6.64. The number of hydrogen-bond donors (Lipinski definition) is 1. The summed E-state index contributed by atoms with van der Waals surface area (Å²) in [7, 11) is 0. The lowest BCUT2D eigenvalue weighted by molar-refractivity contribution is -0.118. The normalized spacial score (nSPS) is 28.0. The second-order valence-corrected chi connectivity index (χ2v) is 6.61. The number of halogens is 1. The maximum Gasteiger partial charge on any atom is 0.244 e. The zero-order valence-electron chi connectivity index (χ0n) is 11.8. The van der Waals surface area contributed by atoms with Crippen LogP contribution in [0, 0.1) is 11.7 Å². The number of nitrogens with one attached hydrogen (secondary N) is 1. The average molecular weight is 306 g/mol. The second-order valence-electron chi connectivity index (χ2n) is 5.63. The molecule has 1 amide bonds. The molecule has 1 aromatic rings. The predicted octanol–water partition coefficient (Wildman–Crippen LogP) is 2.64. The number of amides is 1. The van der Waals surface area contributed by atoms with Crippen molar-refractivity contribution in [3.63, 3.8) is 0 Å². The molecule has 4 rings (SSSR count). The Bertz CT molecular complexity index is 541. The quantitative estimate of drug-likeness (QED) is 0.685. The summed E-state index contributed by atoms with van der Waals surface area (Å²) in [5.74, 6) is 0.311. The van der Waals surface area contributed by atoms with Crippen molar-refractivity contribution >= 4 is 17.7 Å². The number of fused-ring (bicyclic) bond motifs is 3. The van der Waals surface area contributed by atoms with Gasteiger partial charge in [-0.1, -0.05) is 17.8 Å². The van der Waals surface area contributed by atoms with Gasteiger partial charge in [0.25, 0.3) is 0 Å². The van der Waals surface area contributed by atoms with Crippen LogP contribution in [0.4, 0.5) is 4.39 Å². The van der Waals surface area contributed by atoms with E-state index in [9.17, 15) is 9.18 Å². The first-order chi connectivity index (χ1) is 10.2. The average Bonchev–Trinajstić information content (AvgIpc) is 2.48. The van der Waals surface area contributed by atoms with E-state index >= 15 is 0 Å². The van der Waals surface area contributed by atoms with Gasteiger partial charge in [-0.15, -0.1) is 0 Å². The van der Waals surface area contributed by atoms with E-state index in [1.54, 1.807) is 11.5 Å². The highest BCUT2D eigenvalue weighted by Gasteiger charge is 2.34. The first kappa shape index (κ1) is 14.6. The molecular weight excluding hydrogens is 287 g/mol. The number of hydrogen-bond acceptors (Lipinski definition) is 3. The van der Waals surface area contributed by atoms with Crippen LogP contribution in [0.15, 0.2) is 40.6 Å². The van der Waals surface area contributed by atoms with Crippen LogP contribution < -0.4 is 5.32 Å². The Labute approximate surface area is 128 Å². The van der Waals surface area contributed by atoms with Crippen molar-refractivity contribution in [2.45, 2.75) is 23.8 Å². The zero-order valence-corrected chi connectivity index (χ0v) is 12.6. The van der Waals surface area contributed by atoms with Crippen molar-refractivity contribution < 1.29 is 9.18 Å². The van der Waals surface area contributed by atoms with Crippen molar-refractivity contribution in [1.29, 1.82) is 0 Å². The summed E-state index contributed by atoms with van der Waals surface area (Å²) in [4.78, 5) is 15.1. The van der Waals surface area contributed by atoms with E-state index in [-0.39, 0.29) is 17.8 Å². The Kier molecular flexibility index (Phi) is 4.60. The van der Waals surface area contributed by atoms with Crippen LogP contribution >= 0.6 is 11.8 Å². The van der Waals surface area contributed by atoms with Gasteiger partial charge in [-0.3, -0.25) is 4.79 Å². The lowest BCUT2D eigenvalue weighted by atomic mass is 9.84. The SMILES string of the molecule is O=C(/C=C/Sc1cccc(F)c1)N[C@H]1CN2CCC1CC2. The minimum Gasteiger partial charge on any atom is -0.348 e. The molecule has 3 nitrogen and oxygen atoms in total. The maximum atomic E-state index is 13.0. The topological polar surface area (TPSA) is 32.3 Å². The number of rotatable bonds is 4. The molecule has 1 atom stereocenters. The van der Waals surface area contributed by atoms with E-state index in [0.717, 1.165) is 11.4 Å². The lowest BCUT2D eigenvalue weighted by Crippen LogP contribution is -2.57. The van der Waals surface area contributed by atoms with Crippen molar-refractivity contribution in [1.82, 2.24) is 10.2 Å². The van der Waals surface area contributed by atoms with Gasteiger partial charge in [-0.2, -0.15) is 0 Å². The van der Waals surface area contributed by atoms with Gasteiger partial charge in [-0.25, -0.2) is 4.39 Å². The van der Waals surface area contributed by atoms with E-state index < -0.39 is 0 Å². The van der Waals surface area contributed by atoms with Crippen molar-refractivity contribution in [3.8, 4) is 0 Å². The monoisotopic (exact) mass is 306 g/mol.